The highest BCUT2D eigenvalue weighted by atomic mass is 32.1. The van der Waals surface area contributed by atoms with Crippen LogP contribution in [0.15, 0.2) is 41.3 Å². The van der Waals surface area contributed by atoms with Gasteiger partial charge in [0, 0.05) is 11.6 Å². The Labute approximate surface area is 128 Å². The quantitative estimate of drug-likeness (QED) is 0.586. The molecule has 1 N–H and O–H groups in total. The fourth-order valence-electron chi connectivity index (χ4n) is 2.90. The van der Waals surface area contributed by atoms with Crippen LogP contribution in [0.4, 0.5) is 0 Å². The van der Waals surface area contributed by atoms with Crippen LogP contribution in [-0.2, 0) is 0 Å². The summed E-state index contributed by atoms with van der Waals surface area (Å²) in [5.74, 6) is 1.68. The molecule has 1 aliphatic rings. The summed E-state index contributed by atoms with van der Waals surface area (Å²) >= 11 is 1.75. The van der Waals surface area contributed by atoms with Crippen molar-refractivity contribution in [1.82, 2.24) is 5.32 Å². The van der Waals surface area contributed by atoms with Crippen molar-refractivity contribution in [1.29, 1.82) is 0 Å². The maximum absolute atomic E-state index is 4.23. The molecule has 0 aromatic carbocycles. The smallest absolute Gasteiger partial charge is 0.140 e. The third-order valence-electron chi connectivity index (χ3n) is 4.21. The molecule has 1 saturated heterocycles. The molecule has 2 heterocycles. The Kier molecular flexibility index (Phi) is 5.53. The summed E-state index contributed by atoms with van der Waals surface area (Å²) in [4.78, 5) is 0. The molecule has 1 aromatic rings. The number of allylic oxidation sites excluding steroid dienone is 2. The lowest BCUT2D eigenvalue weighted by Crippen LogP contribution is -2.39. The molecule has 0 bridgehead atoms. The predicted octanol–water partition coefficient (Wildman–Crippen LogP) is 4.78. The van der Waals surface area contributed by atoms with Gasteiger partial charge in [-0.25, -0.2) is 0 Å². The van der Waals surface area contributed by atoms with Crippen LogP contribution in [0.5, 0.6) is 0 Å². The predicted molar refractivity (Wildman–Crippen MR) is 91.5 cm³/mol. The van der Waals surface area contributed by atoms with Gasteiger partial charge in [0.15, 0.2) is 0 Å². The minimum atomic E-state index is 0.391. The van der Waals surface area contributed by atoms with E-state index in [9.17, 15) is 0 Å². The highest BCUT2D eigenvalue weighted by Crippen LogP contribution is 2.28. The van der Waals surface area contributed by atoms with E-state index in [1.54, 1.807) is 11.3 Å². The first-order chi connectivity index (χ1) is 9.56. The van der Waals surface area contributed by atoms with Gasteiger partial charge in [-0.3, -0.25) is 0 Å². The molecule has 0 amide bonds. The van der Waals surface area contributed by atoms with Crippen molar-refractivity contribution < 1.29 is 0 Å². The van der Waals surface area contributed by atoms with Crippen molar-refractivity contribution in [3.8, 4) is 0 Å². The number of rotatable bonds is 6. The fraction of sp³-hybridized carbons (Fsp3) is 0.529. The van der Waals surface area contributed by atoms with Crippen LogP contribution in [0.25, 0.3) is 0 Å². The molecular formula is C17H25BNS. The van der Waals surface area contributed by atoms with E-state index in [-0.39, 0.29) is 0 Å². The zero-order valence-corrected chi connectivity index (χ0v) is 13.5. The minimum Gasteiger partial charge on any atom is -0.394 e. The standard InChI is InChI=1S/C17H25BNS/c1-12(2)9-15-5-6-17(18-10-15)19-14(4)13(3)16-7-8-20-11-16/h7-8,11,13,15,17,19H,1,4-6,9-10H2,2-3H3. The molecule has 1 aromatic heterocycles. The largest absolute Gasteiger partial charge is 0.394 e. The third kappa shape index (κ3) is 4.27. The van der Waals surface area contributed by atoms with Crippen molar-refractivity contribution in [2.75, 3.05) is 0 Å². The molecule has 1 aliphatic heterocycles. The molecule has 3 unspecified atom stereocenters. The maximum atomic E-state index is 4.23. The number of nitrogens with one attached hydrogen (secondary N) is 1. The summed E-state index contributed by atoms with van der Waals surface area (Å²) in [6, 6.07) is 2.19. The van der Waals surface area contributed by atoms with Crippen LogP contribution in [0.1, 0.15) is 44.6 Å². The Morgan fingerprint density at radius 3 is 2.85 bits per heavy atom. The van der Waals surface area contributed by atoms with Crippen LogP contribution < -0.4 is 5.32 Å². The van der Waals surface area contributed by atoms with E-state index < -0.39 is 0 Å². The third-order valence-corrected chi connectivity index (χ3v) is 4.92. The lowest BCUT2D eigenvalue weighted by Gasteiger charge is -2.31. The van der Waals surface area contributed by atoms with E-state index in [2.05, 4.69) is 56.4 Å². The lowest BCUT2D eigenvalue weighted by molar-refractivity contribution is 0.449. The molecule has 2 rings (SSSR count). The maximum Gasteiger partial charge on any atom is 0.140 e. The van der Waals surface area contributed by atoms with Crippen LogP contribution in [0, 0.1) is 5.92 Å². The first-order valence-electron chi connectivity index (χ1n) is 7.51. The number of thiophene rings is 1. The van der Waals surface area contributed by atoms with Crippen LogP contribution in [0.3, 0.4) is 0 Å². The second-order valence-corrected chi connectivity index (χ2v) is 6.91. The Morgan fingerprint density at radius 2 is 2.30 bits per heavy atom. The minimum absolute atomic E-state index is 0.391. The van der Waals surface area contributed by atoms with Crippen LogP contribution in [0.2, 0.25) is 6.32 Å². The Hall–Kier alpha value is -0.955. The van der Waals surface area contributed by atoms with Crippen LogP contribution in [-0.4, -0.2) is 13.2 Å². The van der Waals surface area contributed by atoms with Crippen molar-refractivity contribution in [3.05, 3.63) is 46.8 Å². The first kappa shape index (κ1) is 15.4. The fourth-order valence-corrected chi connectivity index (χ4v) is 3.66. The summed E-state index contributed by atoms with van der Waals surface area (Å²) in [6.07, 6.45) is 4.88. The normalized spacial score (nSPS) is 23.7. The zero-order chi connectivity index (χ0) is 14.5. The molecule has 1 nitrogen and oxygen atoms in total. The highest BCUT2D eigenvalue weighted by molar-refractivity contribution is 7.08. The average Bonchev–Trinajstić information content (AvgIpc) is 2.93. The summed E-state index contributed by atoms with van der Waals surface area (Å²) in [5, 5.41) is 7.96. The van der Waals surface area contributed by atoms with Gasteiger partial charge < -0.3 is 5.32 Å². The van der Waals surface area contributed by atoms with E-state index in [4.69, 9.17) is 0 Å². The molecule has 107 valence electrons. The van der Waals surface area contributed by atoms with Gasteiger partial charge in [-0.05, 0) is 60.4 Å². The van der Waals surface area contributed by atoms with Crippen molar-refractivity contribution in [2.24, 2.45) is 5.92 Å². The molecular weight excluding hydrogens is 261 g/mol. The van der Waals surface area contributed by atoms with Gasteiger partial charge in [-0.1, -0.05) is 25.4 Å². The van der Waals surface area contributed by atoms with Gasteiger partial charge in [0.1, 0.15) is 7.28 Å². The van der Waals surface area contributed by atoms with E-state index >= 15 is 0 Å². The Balaban J connectivity index is 1.78. The summed E-state index contributed by atoms with van der Waals surface area (Å²) in [5.41, 5.74) is 3.82. The van der Waals surface area contributed by atoms with E-state index in [1.807, 2.05) is 0 Å². The molecule has 0 aliphatic carbocycles. The average molecular weight is 286 g/mol. The van der Waals surface area contributed by atoms with Crippen molar-refractivity contribution >= 4 is 18.6 Å². The number of hydrogen-bond donors (Lipinski definition) is 1. The van der Waals surface area contributed by atoms with Gasteiger partial charge in [0.05, 0.1) is 0 Å². The topological polar surface area (TPSA) is 12.0 Å². The zero-order valence-electron chi connectivity index (χ0n) is 12.7. The number of hydrogen-bond acceptors (Lipinski definition) is 2. The van der Waals surface area contributed by atoms with Gasteiger partial charge in [0.25, 0.3) is 0 Å². The molecule has 0 saturated carbocycles. The van der Waals surface area contributed by atoms with Crippen molar-refractivity contribution in [2.45, 2.75) is 51.3 Å². The van der Waals surface area contributed by atoms with Gasteiger partial charge in [-0.2, -0.15) is 11.3 Å². The summed E-state index contributed by atoms with van der Waals surface area (Å²) in [7, 11) is 2.43. The summed E-state index contributed by atoms with van der Waals surface area (Å²) in [6.45, 7) is 12.6. The van der Waals surface area contributed by atoms with Crippen LogP contribution >= 0.6 is 11.3 Å². The molecule has 1 radical (unpaired) electrons. The highest BCUT2D eigenvalue weighted by Gasteiger charge is 2.23. The van der Waals surface area contributed by atoms with E-state index in [0.717, 1.165) is 11.6 Å². The Morgan fingerprint density at radius 1 is 1.50 bits per heavy atom. The van der Waals surface area contributed by atoms with Gasteiger partial charge in [-0.15, -0.1) is 6.58 Å². The summed E-state index contributed by atoms with van der Waals surface area (Å²) < 4.78 is 0. The monoisotopic (exact) mass is 286 g/mol. The second kappa shape index (κ2) is 7.17. The molecule has 3 atom stereocenters. The van der Waals surface area contributed by atoms with Crippen molar-refractivity contribution in [3.63, 3.8) is 0 Å². The van der Waals surface area contributed by atoms with E-state index in [1.165, 1.54) is 36.7 Å². The van der Waals surface area contributed by atoms with E-state index in [0.29, 0.717) is 11.9 Å². The molecule has 0 spiro atoms. The first-order valence-corrected chi connectivity index (χ1v) is 8.45. The van der Waals surface area contributed by atoms with Gasteiger partial charge >= 0.3 is 0 Å². The molecule has 20 heavy (non-hydrogen) atoms. The second-order valence-electron chi connectivity index (χ2n) is 6.13. The van der Waals surface area contributed by atoms with Gasteiger partial charge in [0.2, 0.25) is 0 Å². The molecule has 3 heteroatoms. The lowest BCUT2D eigenvalue weighted by atomic mass is 9.55. The Bertz CT molecular complexity index is 444. The molecule has 1 fully saturated rings. The SMILES string of the molecule is C=C(C)CC1C[B]C(NC(=C)C(C)c2ccsc2)CC1.